The molecule has 0 radical (unpaired) electrons. The van der Waals surface area contributed by atoms with E-state index in [1.165, 1.54) is 12.0 Å². The second kappa shape index (κ2) is 7.32. The molecule has 1 aliphatic heterocycles. The van der Waals surface area contributed by atoms with E-state index < -0.39 is 6.04 Å². The zero-order valence-corrected chi connectivity index (χ0v) is 18.4. The first kappa shape index (κ1) is 20.2. The summed E-state index contributed by atoms with van der Waals surface area (Å²) in [6.07, 6.45) is 1.60. The molecule has 0 bridgehead atoms. The van der Waals surface area contributed by atoms with Crippen molar-refractivity contribution in [1.29, 1.82) is 0 Å². The van der Waals surface area contributed by atoms with Gasteiger partial charge in [0.25, 0.3) is 5.91 Å². The van der Waals surface area contributed by atoms with Gasteiger partial charge in [-0.05, 0) is 64.7 Å². The van der Waals surface area contributed by atoms with Crippen LogP contribution in [0.4, 0.5) is 0 Å². The maximum absolute atomic E-state index is 13.6. The van der Waals surface area contributed by atoms with Gasteiger partial charge in [-0.15, -0.1) is 6.58 Å². The highest BCUT2D eigenvalue weighted by Crippen LogP contribution is 2.43. The molecule has 3 aromatic rings. The van der Waals surface area contributed by atoms with Crippen molar-refractivity contribution < 1.29 is 19.1 Å². The molecule has 0 fully saturated rings. The Morgan fingerprint density at radius 3 is 2.67 bits per heavy atom. The summed E-state index contributed by atoms with van der Waals surface area (Å²) in [6.45, 7) is 7.73. The minimum absolute atomic E-state index is 0.0365. The minimum Gasteiger partial charge on any atom is -0.503 e. The van der Waals surface area contributed by atoms with Crippen LogP contribution in [0.15, 0.2) is 50.6 Å². The van der Waals surface area contributed by atoms with Crippen LogP contribution in [-0.2, 0) is 0 Å². The van der Waals surface area contributed by atoms with Crippen LogP contribution in [0, 0.1) is 13.8 Å². The molecule has 1 aliphatic rings. The molecule has 0 spiro atoms. The predicted octanol–water partition coefficient (Wildman–Crippen LogP) is 4.62. The highest BCUT2D eigenvalue weighted by atomic mass is 79.9. The molecular weight excluding hydrogens is 450 g/mol. The summed E-state index contributed by atoms with van der Waals surface area (Å²) in [4.78, 5) is 28.3. The average Bonchev–Trinajstić information content (AvgIpc) is 2.98. The number of amides is 1. The first-order valence-corrected chi connectivity index (χ1v) is 10.1. The summed E-state index contributed by atoms with van der Waals surface area (Å²) in [5.41, 5.74) is 2.79. The highest BCUT2D eigenvalue weighted by Gasteiger charge is 2.42. The third-order valence-corrected chi connectivity index (χ3v) is 5.91. The number of aryl methyl sites for hydroxylation is 2. The van der Waals surface area contributed by atoms with Gasteiger partial charge < -0.3 is 19.2 Å². The predicted molar refractivity (Wildman–Crippen MR) is 117 cm³/mol. The number of aromatic hydroxyl groups is 1. The van der Waals surface area contributed by atoms with E-state index in [4.69, 9.17) is 9.15 Å². The molecule has 6 nitrogen and oxygen atoms in total. The largest absolute Gasteiger partial charge is 0.503 e. The molecular formula is C23H20BrNO5. The third-order valence-electron chi connectivity index (χ3n) is 5.31. The molecule has 0 saturated heterocycles. The molecule has 1 aromatic heterocycles. The number of benzene rings is 2. The Hall–Kier alpha value is -3.06. The van der Waals surface area contributed by atoms with Crippen molar-refractivity contribution in [1.82, 2.24) is 4.90 Å². The smallest absolute Gasteiger partial charge is 0.291 e. The molecule has 1 atom stereocenters. The number of hydrogen-bond donors (Lipinski definition) is 1. The number of phenols is 1. The summed E-state index contributed by atoms with van der Waals surface area (Å²) in [5.74, 6) is -0.167. The molecule has 2 aromatic carbocycles. The number of rotatable bonds is 4. The Labute approximate surface area is 181 Å². The van der Waals surface area contributed by atoms with Crippen LogP contribution in [0.2, 0.25) is 0 Å². The number of nitrogens with zero attached hydrogens (tertiary/aromatic N) is 1. The number of phenolic OH excluding ortho intramolecular Hbond substituents is 1. The fraction of sp³-hybridized carbons (Fsp3) is 0.217. The Bertz CT molecular complexity index is 1280. The summed E-state index contributed by atoms with van der Waals surface area (Å²) in [6, 6.07) is 6.29. The first-order chi connectivity index (χ1) is 14.3. The lowest BCUT2D eigenvalue weighted by Gasteiger charge is -2.24. The van der Waals surface area contributed by atoms with E-state index in [1.807, 2.05) is 19.9 Å². The molecule has 2 heterocycles. The highest BCUT2D eigenvalue weighted by molar-refractivity contribution is 9.10. The third kappa shape index (κ3) is 2.92. The number of fused-ring (bicyclic) bond motifs is 2. The Kier molecular flexibility index (Phi) is 4.94. The molecule has 0 aliphatic carbocycles. The van der Waals surface area contributed by atoms with Crippen molar-refractivity contribution in [3.05, 3.63) is 79.6 Å². The van der Waals surface area contributed by atoms with Crippen molar-refractivity contribution in [3.8, 4) is 11.5 Å². The summed E-state index contributed by atoms with van der Waals surface area (Å²) < 4.78 is 11.7. The molecule has 154 valence electrons. The van der Waals surface area contributed by atoms with E-state index in [9.17, 15) is 14.7 Å². The van der Waals surface area contributed by atoms with Gasteiger partial charge in [0, 0.05) is 6.54 Å². The number of methoxy groups -OCH3 is 1. The maximum atomic E-state index is 13.6. The van der Waals surface area contributed by atoms with Crippen molar-refractivity contribution >= 4 is 32.8 Å². The van der Waals surface area contributed by atoms with Crippen LogP contribution in [0.25, 0.3) is 11.0 Å². The number of hydrogen-bond acceptors (Lipinski definition) is 5. The van der Waals surface area contributed by atoms with Crippen LogP contribution in [0.3, 0.4) is 0 Å². The minimum atomic E-state index is -0.697. The normalized spacial score (nSPS) is 15.5. The average molecular weight is 470 g/mol. The van der Waals surface area contributed by atoms with Gasteiger partial charge >= 0.3 is 0 Å². The Morgan fingerprint density at radius 2 is 2.00 bits per heavy atom. The summed E-state index contributed by atoms with van der Waals surface area (Å²) in [7, 11) is 1.44. The van der Waals surface area contributed by atoms with Gasteiger partial charge in [-0.1, -0.05) is 12.1 Å². The standard InChI is InChI=1S/C23H20BrNO5/c1-5-6-25-18(13-9-15(24)20(27)16(10-13)29-4)17-19(26)14-8-11(2)7-12(3)21(14)30-22(17)23(25)28/h5,7-10,18,27H,1,6H2,2-4H3. The maximum Gasteiger partial charge on any atom is 0.291 e. The van der Waals surface area contributed by atoms with Gasteiger partial charge in [0.05, 0.1) is 28.6 Å². The van der Waals surface area contributed by atoms with Crippen LogP contribution in [0.5, 0.6) is 11.5 Å². The first-order valence-electron chi connectivity index (χ1n) is 9.34. The van der Waals surface area contributed by atoms with Crippen LogP contribution in [0.1, 0.15) is 38.9 Å². The zero-order chi connectivity index (χ0) is 21.7. The lowest BCUT2D eigenvalue weighted by atomic mass is 9.97. The SMILES string of the molecule is C=CCN1C(=O)c2oc3c(C)cc(C)cc3c(=O)c2C1c1cc(Br)c(O)c(OC)c1. The quantitative estimate of drug-likeness (QED) is 0.563. The summed E-state index contributed by atoms with van der Waals surface area (Å²) >= 11 is 3.32. The lowest BCUT2D eigenvalue weighted by Crippen LogP contribution is -2.29. The van der Waals surface area contributed by atoms with Crippen molar-refractivity contribution in [2.24, 2.45) is 0 Å². The number of ether oxygens (including phenoxy) is 1. The molecule has 7 heteroatoms. The lowest BCUT2D eigenvalue weighted by molar-refractivity contribution is 0.0748. The molecule has 1 amide bonds. The van der Waals surface area contributed by atoms with E-state index in [-0.39, 0.29) is 40.7 Å². The van der Waals surface area contributed by atoms with Gasteiger partial charge in [-0.3, -0.25) is 9.59 Å². The number of halogens is 1. The van der Waals surface area contributed by atoms with Crippen molar-refractivity contribution in [2.45, 2.75) is 19.9 Å². The number of carbonyl (C=O) groups excluding carboxylic acids is 1. The van der Waals surface area contributed by atoms with Crippen LogP contribution in [-0.4, -0.2) is 29.6 Å². The Balaban J connectivity index is 2.06. The molecule has 4 rings (SSSR count). The van der Waals surface area contributed by atoms with Gasteiger partial charge in [-0.2, -0.15) is 0 Å². The fourth-order valence-corrected chi connectivity index (χ4v) is 4.52. The molecule has 1 N–H and O–H groups in total. The van der Waals surface area contributed by atoms with E-state index in [0.717, 1.165) is 11.1 Å². The second-order valence-electron chi connectivity index (χ2n) is 7.33. The molecule has 30 heavy (non-hydrogen) atoms. The molecule has 1 unspecified atom stereocenters. The van der Waals surface area contributed by atoms with E-state index in [1.54, 1.807) is 24.3 Å². The monoisotopic (exact) mass is 469 g/mol. The Morgan fingerprint density at radius 1 is 1.27 bits per heavy atom. The zero-order valence-electron chi connectivity index (χ0n) is 16.8. The van der Waals surface area contributed by atoms with Gasteiger partial charge in [0.2, 0.25) is 5.76 Å². The van der Waals surface area contributed by atoms with Crippen LogP contribution >= 0.6 is 15.9 Å². The van der Waals surface area contributed by atoms with Crippen molar-refractivity contribution in [3.63, 3.8) is 0 Å². The van der Waals surface area contributed by atoms with Crippen LogP contribution < -0.4 is 10.2 Å². The van der Waals surface area contributed by atoms with E-state index in [0.29, 0.717) is 21.0 Å². The topological polar surface area (TPSA) is 80.0 Å². The van der Waals surface area contributed by atoms with Gasteiger partial charge in [0.15, 0.2) is 16.9 Å². The van der Waals surface area contributed by atoms with E-state index in [2.05, 4.69) is 22.5 Å². The fourth-order valence-electron chi connectivity index (χ4n) is 4.06. The van der Waals surface area contributed by atoms with E-state index >= 15 is 0 Å². The van der Waals surface area contributed by atoms with Crippen molar-refractivity contribution in [2.75, 3.05) is 13.7 Å². The van der Waals surface area contributed by atoms with Gasteiger partial charge in [-0.25, -0.2) is 0 Å². The second-order valence-corrected chi connectivity index (χ2v) is 8.19. The summed E-state index contributed by atoms with van der Waals surface area (Å²) in [5, 5.41) is 10.6. The number of carbonyl (C=O) groups is 1. The van der Waals surface area contributed by atoms with Gasteiger partial charge in [0.1, 0.15) is 5.58 Å². The molecule has 0 saturated carbocycles.